The minimum absolute atomic E-state index is 0.611. The van der Waals surface area contributed by atoms with E-state index in [2.05, 4.69) is 71.5 Å². The molecule has 0 unspecified atom stereocenters. The second-order valence-corrected chi connectivity index (χ2v) is 13.0. The van der Waals surface area contributed by atoms with E-state index in [9.17, 15) is 0 Å². The smallest absolute Gasteiger partial charge is 0.164 e. The molecule has 7 aromatic rings. The largest absolute Gasteiger partial charge is 0.324 e. The molecule has 0 aliphatic carbocycles. The number of benzene rings is 4. The van der Waals surface area contributed by atoms with Crippen LogP contribution >= 0.6 is 0 Å². The van der Waals surface area contributed by atoms with Crippen LogP contribution in [0.15, 0.2) is 91.0 Å². The summed E-state index contributed by atoms with van der Waals surface area (Å²) in [6.07, 6.45) is 9.84. The van der Waals surface area contributed by atoms with Gasteiger partial charge < -0.3 is 9.97 Å². The van der Waals surface area contributed by atoms with Gasteiger partial charge in [0.1, 0.15) is 22.6 Å². The Morgan fingerprint density at radius 3 is 1.39 bits per heavy atom. The first kappa shape index (κ1) is 29.4. The van der Waals surface area contributed by atoms with Crippen LogP contribution in [0.25, 0.3) is 89.7 Å². The maximum atomic E-state index is 5.25. The zero-order valence-electron chi connectivity index (χ0n) is 27.5. The molecule has 8 heteroatoms. The first-order valence-corrected chi connectivity index (χ1v) is 17.5. The fourth-order valence-corrected chi connectivity index (χ4v) is 7.24. The minimum Gasteiger partial charge on any atom is -0.324 e. The summed E-state index contributed by atoms with van der Waals surface area (Å²) >= 11 is 0. The lowest BCUT2D eigenvalue weighted by molar-refractivity contribution is 0.590. The second kappa shape index (κ2) is 12.4. The van der Waals surface area contributed by atoms with Crippen LogP contribution < -0.4 is 0 Å². The van der Waals surface area contributed by atoms with Crippen molar-refractivity contribution >= 4 is 44.1 Å². The van der Waals surface area contributed by atoms with Crippen LogP contribution in [-0.2, 0) is 6.42 Å². The van der Waals surface area contributed by atoms with E-state index < -0.39 is 0 Å². The van der Waals surface area contributed by atoms with E-state index >= 15 is 0 Å². The van der Waals surface area contributed by atoms with Crippen molar-refractivity contribution < 1.29 is 0 Å². The minimum atomic E-state index is 0.611. The van der Waals surface area contributed by atoms with E-state index in [-0.39, 0.29) is 0 Å². The van der Waals surface area contributed by atoms with Crippen molar-refractivity contribution in [1.29, 1.82) is 0 Å². The third-order valence-corrected chi connectivity index (χ3v) is 9.72. The average Bonchev–Trinajstić information content (AvgIpc) is 3.87. The van der Waals surface area contributed by atoms with E-state index in [4.69, 9.17) is 29.9 Å². The molecule has 0 radical (unpaired) electrons. The van der Waals surface area contributed by atoms with Gasteiger partial charge >= 0.3 is 0 Å². The molecule has 49 heavy (non-hydrogen) atoms. The summed E-state index contributed by atoms with van der Waals surface area (Å²) in [4.78, 5) is 37.8. The van der Waals surface area contributed by atoms with Gasteiger partial charge in [-0.3, -0.25) is 0 Å². The molecular weight excluding hydrogens is 605 g/mol. The Balaban J connectivity index is 1.32. The molecule has 3 aromatic heterocycles. The van der Waals surface area contributed by atoms with Crippen LogP contribution in [0.1, 0.15) is 57.4 Å². The van der Waals surface area contributed by atoms with Crippen molar-refractivity contribution in [3.63, 3.8) is 0 Å². The topological polar surface area (TPSA) is 109 Å². The summed E-state index contributed by atoms with van der Waals surface area (Å²) < 4.78 is 0. The number of aromatic amines is 2. The van der Waals surface area contributed by atoms with Crippen molar-refractivity contribution in [2.75, 3.05) is 0 Å². The molecule has 2 aliphatic heterocycles. The molecular formula is C41H36N8. The first-order valence-electron chi connectivity index (χ1n) is 17.5. The van der Waals surface area contributed by atoms with E-state index in [1.807, 2.05) is 36.4 Å². The standard InChI is InChI=1S/C41H36N8/c1-2-3-4-5-6-7-8-16-25-17-15-24-32-33(25)41-48-39-31-23-14-13-22-30(31)37(46-39)44-35-27-19-10-9-18-26(27)34(42-35)43-36-28-20-11-12-21-29(28)38(45-36)47-40(32)49-41/h9-15,17-24H,2-8,16H2,1H3,(H2,42,43,44,45,46,47,48,49). The SMILES string of the molecule is CCCCCCCCCc1cccc2c3nc4nc(nc5[nH]c(nc6nc(nc([nH]3)c12)-c1ccccc1-6)c1ccccc51)-c1ccccc1-4. The molecule has 0 spiro atoms. The summed E-state index contributed by atoms with van der Waals surface area (Å²) in [6, 6.07) is 31.0. The van der Waals surface area contributed by atoms with E-state index in [1.165, 1.54) is 44.1 Å². The van der Waals surface area contributed by atoms with Crippen molar-refractivity contribution in [3.8, 4) is 45.6 Å². The van der Waals surface area contributed by atoms with Crippen molar-refractivity contribution in [2.24, 2.45) is 0 Å². The molecule has 2 N–H and O–H groups in total. The monoisotopic (exact) mass is 640 g/mol. The van der Waals surface area contributed by atoms with Gasteiger partial charge in [0.15, 0.2) is 23.3 Å². The quantitative estimate of drug-likeness (QED) is 0.160. The summed E-state index contributed by atoms with van der Waals surface area (Å²) in [5, 5.41) is 4.04. The number of aryl methyl sites for hydroxylation is 1. The van der Waals surface area contributed by atoms with Crippen LogP contribution in [0.3, 0.4) is 0 Å². The van der Waals surface area contributed by atoms with Gasteiger partial charge in [-0.25, -0.2) is 29.9 Å². The molecule has 0 saturated carbocycles. The zero-order valence-corrected chi connectivity index (χ0v) is 27.5. The summed E-state index contributed by atoms with van der Waals surface area (Å²) in [6.45, 7) is 2.27. The van der Waals surface area contributed by atoms with Crippen molar-refractivity contribution in [2.45, 2.75) is 58.3 Å². The van der Waals surface area contributed by atoms with Crippen LogP contribution in [-0.4, -0.2) is 39.9 Å². The molecule has 0 saturated heterocycles. The Morgan fingerprint density at radius 2 is 0.837 bits per heavy atom. The number of nitrogens with zero attached hydrogens (tertiary/aromatic N) is 6. The van der Waals surface area contributed by atoms with Crippen LogP contribution in [0.4, 0.5) is 0 Å². The van der Waals surface area contributed by atoms with Gasteiger partial charge in [0.05, 0.1) is 0 Å². The number of hydrogen-bond donors (Lipinski definition) is 2. The Kier molecular flexibility index (Phi) is 7.41. The molecule has 240 valence electrons. The van der Waals surface area contributed by atoms with Gasteiger partial charge in [-0.1, -0.05) is 136 Å². The van der Waals surface area contributed by atoms with Crippen molar-refractivity contribution in [1.82, 2.24) is 39.9 Å². The first-order chi connectivity index (χ1) is 24.2. The average molecular weight is 641 g/mol. The van der Waals surface area contributed by atoms with Crippen LogP contribution in [0.2, 0.25) is 0 Å². The van der Waals surface area contributed by atoms with E-state index in [1.54, 1.807) is 0 Å². The lowest BCUT2D eigenvalue weighted by atomic mass is 10.0. The molecule has 8 bridgehead atoms. The Morgan fingerprint density at radius 1 is 0.408 bits per heavy atom. The Bertz CT molecular complexity index is 2540. The molecule has 0 fully saturated rings. The predicted octanol–water partition coefficient (Wildman–Crippen LogP) is 10.2. The van der Waals surface area contributed by atoms with Gasteiger partial charge in [0.25, 0.3) is 0 Å². The zero-order chi connectivity index (χ0) is 32.7. The Hall–Kier alpha value is -5.76. The van der Waals surface area contributed by atoms with Gasteiger partial charge in [-0.05, 0) is 18.4 Å². The third kappa shape index (κ3) is 5.24. The normalized spacial score (nSPS) is 12.0. The summed E-state index contributed by atoms with van der Waals surface area (Å²) in [5.74, 6) is 2.47. The third-order valence-electron chi connectivity index (χ3n) is 9.72. The number of hydrogen-bond acceptors (Lipinski definition) is 6. The number of fused-ring (bicyclic) bond motifs is 20. The number of aromatic nitrogens is 8. The number of rotatable bonds is 8. The van der Waals surface area contributed by atoms with Gasteiger partial charge in [-0.2, -0.15) is 0 Å². The maximum absolute atomic E-state index is 5.25. The molecule has 4 aromatic carbocycles. The fraction of sp³-hybridized carbons (Fsp3) is 0.220. The second-order valence-electron chi connectivity index (χ2n) is 13.0. The maximum Gasteiger partial charge on any atom is 0.164 e. The summed E-state index contributed by atoms with van der Waals surface area (Å²) in [7, 11) is 0. The highest BCUT2D eigenvalue weighted by atomic mass is 15.1. The molecule has 0 amide bonds. The summed E-state index contributed by atoms with van der Waals surface area (Å²) in [5.41, 5.74) is 7.91. The number of unbranched alkanes of at least 4 members (excludes halogenated alkanes) is 6. The molecule has 9 rings (SSSR count). The van der Waals surface area contributed by atoms with E-state index in [0.29, 0.717) is 34.6 Å². The molecule has 2 aliphatic rings. The van der Waals surface area contributed by atoms with Gasteiger partial charge in [-0.15, -0.1) is 0 Å². The van der Waals surface area contributed by atoms with Gasteiger partial charge in [0, 0.05) is 43.8 Å². The predicted molar refractivity (Wildman–Crippen MR) is 198 cm³/mol. The number of nitrogens with one attached hydrogen (secondary N) is 2. The Labute approximate surface area is 283 Å². The highest BCUT2D eigenvalue weighted by Gasteiger charge is 2.22. The van der Waals surface area contributed by atoms with Crippen LogP contribution in [0, 0.1) is 0 Å². The lowest BCUT2D eigenvalue weighted by Crippen LogP contribution is -1.89. The highest BCUT2D eigenvalue weighted by Crippen LogP contribution is 2.37. The lowest BCUT2D eigenvalue weighted by Gasteiger charge is -2.04. The molecule has 8 nitrogen and oxygen atoms in total. The van der Waals surface area contributed by atoms with Crippen LogP contribution in [0.5, 0.6) is 0 Å². The number of H-pyrrole nitrogens is 2. The van der Waals surface area contributed by atoms with Gasteiger partial charge in [0.2, 0.25) is 0 Å². The molecule has 0 atom stereocenters. The molecule has 5 heterocycles. The van der Waals surface area contributed by atoms with Crippen molar-refractivity contribution in [3.05, 3.63) is 96.6 Å². The van der Waals surface area contributed by atoms with E-state index in [0.717, 1.165) is 67.9 Å². The fourth-order valence-electron chi connectivity index (χ4n) is 7.24. The highest BCUT2D eigenvalue weighted by molar-refractivity contribution is 6.07.